The first-order chi connectivity index (χ1) is 8.92. The molecule has 2 aromatic rings. The molecule has 0 unspecified atom stereocenters. The first kappa shape index (κ1) is 11.5. The van der Waals surface area contributed by atoms with E-state index in [4.69, 9.17) is 0 Å². The fourth-order valence-corrected chi connectivity index (χ4v) is 3.00. The summed E-state index contributed by atoms with van der Waals surface area (Å²) in [5, 5.41) is 6.58. The van der Waals surface area contributed by atoms with Gasteiger partial charge >= 0.3 is 0 Å². The number of anilines is 2. The quantitative estimate of drug-likeness (QED) is 0.917. The van der Waals surface area contributed by atoms with Crippen LogP contribution in [-0.4, -0.2) is 24.1 Å². The van der Waals surface area contributed by atoms with Crippen LogP contribution in [0.3, 0.4) is 0 Å². The average molecular weight is 259 g/mol. The van der Waals surface area contributed by atoms with Crippen LogP contribution >= 0.6 is 11.3 Å². The van der Waals surface area contributed by atoms with Crippen LogP contribution < -0.4 is 10.2 Å². The Kier molecular flexibility index (Phi) is 3.46. The van der Waals surface area contributed by atoms with Crippen molar-refractivity contribution in [2.45, 2.75) is 18.9 Å². The van der Waals surface area contributed by atoms with Crippen molar-refractivity contribution in [2.75, 3.05) is 23.3 Å². The summed E-state index contributed by atoms with van der Waals surface area (Å²) < 4.78 is 0. The van der Waals surface area contributed by atoms with Gasteiger partial charge in [0.2, 0.25) is 0 Å². The lowest BCUT2D eigenvalue weighted by Gasteiger charge is -2.33. The Balaban J connectivity index is 1.55. The zero-order valence-corrected chi connectivity index (χ0v) is 11.1. The third-order valence-corrected chi connectivity index (χ3v) is 4.08. The van der Waals surface area contributed by atoms with E-state index in [9.17, 15) is 0 Å². The van der Waals surface area contributed by atoms with Crippen molar-refractivity contribution in [1.82, 2.24) is 4.98 Å². The molecule has 1 saturated heterocycles. The predicted octanol–water partition coefficient (Wildman–Crippen LogP) is 3.22. The van der Waals surface area contributed by atoms with Crippen molar-refractivity contribution in [3.05, 3.63) is 41.9 Å². The van der Waals surface area contributed by atoms with E-state index in [1.54, 1.807) is 11.3 Å². The Morgan fingerprint density at radius 3 is 2.61 bits per heavy atom. The van der Waals surface area contributed by atoms with Gasteiger partial charge in [-0.3, -0.25) is 0 Å². The van der Waals surface area contributed by atoms with E-state index in [0.29, 0.717) is 6.04 Å². The first-order valence-electron chi connectivity index (χ1n) is 6.38. The lowest BCUT2D eigenvalue weighted by atomic mass is 10.0. The molecule has 4 heteroatoms. The Morgan fingerprint density at radius 2 is 1.94 bits per heavy atom. The minimum atomic E-state index is 0.566. The molecule has 0 atom stereocenters. The van der Waals surface area contributed by atoms with Crippen molar-refractivity contribution in [3.63, 3.8) is 0 Å². The Hall–Kier alpha value is -1.55. The second kappa shape index (κ2) is 5.40. The maximum atomic E-state index is 4.28. The largest absolute Gasteiger partial charge is 0.371 e. The summed E-state index contributed by atoms with van der Waals surface area (Å²) >= 11 is 1.68. The standard InChI is InChI=1S/C14H17N3S/c1-2-4-13(5-3-1)17-9-6-12(7-10-17)16-14-15-8-11-18-14/h1-5,8,11-12H,6-7,9-10H2,(H,15,16). The SMILES string of the molecule is c1ccc(N2CCC(Nc3nccs3)CC2)cc1. The van der Waals surface area contributed by atoms with Gasteiger partial charge in [0.25, 0.3) is 0 Å². The molecule has 1 aliphatic rings. The monoisotopic (exact) mass is 259 g/mol. The van der Waals surface area contributed by atoms with Gasteiger partial charge in [0.1, 0.15) is 0 Å². The van der Waals surface area contributed by atoms with E-state index >= 15 is 0 Å². The van der Waals surface area contributed by atoms with Gasteiger partial charge < -0.3 is 10.2 Å². The van der Waals surface area contributed by atoms with E-state index in [1.165, 1.54) is 18.5 Å². The summed E-state index contributed by atoms with van der Waals surface area (Å²) in [7, 11) is 0. The van der Waals surface area contributed by atoms with Crippen LogP contribution in [0.15, 0.2) is 41.9 Å². The first-order valence-corrected chi connectivity index (χ1v) is 7.26. The number of nitrogens with zero attached hydrogens (tertiary/aromatic N) is 2. The zero-order chi connectivity index (χ0) is 12.2. The lowest BCUT2D eigenvalue weighted by molar-refractivity contribution is 0.526. The van der Waals surface area contributed by atoms with E-state index in [2.05, 4.69) is 45.5 Å². The van der Waals surface area contributed by atoms with Gasteiger partial charge in [-0.1, -0.05) is 18.2 Å². The summed E-state index contributed by atoms with van der Waals surface area (Å²) in [6.07, 6.45) is 4.20. The molecule has 3 nitrogen and oxygen atoms in total. The molecule has 1 fully saturated rings. The highest BCUT2D eigenvalue weighted by Gasteiger charge is 2.19. The number of para-hydroxylation sites is 1. The molecular weight excluding hydrogens is 242 g/mol. The van der Waals surface area contributed by atoms with Crippen molar-refractivity contribution >= 4 is 22.2 Å². The highest BCUT2D eigenvalue weighted by Crippen LogP contribution is 2.22. The van der Waals surface area contributed by atoms with E-state index in [-0.39, 0.29) is 0 Å². The summed E-state index contributed by atoms with van der Waals surface area (Å²) in [4.78, 5) is 6.74. The third-order valence-electron chi connectivity index (χ3n) is 3.38. The average Bonchev–Trinajstić information content (AvgIpc) is 2.94. The van der Waals surface area contributed by atoms with Gasteiger partial charge in [0.05, 0.1) is 0 Å². The molecule has 1 aliphatic heterocycles. The number of hydrogen-bond donors (Lipinski definition) is 1. The summed E-state index contributed by atoms with van der Waals surface area (Å²) in [5.41, 5.74) is 1.34. The molecule has 1 N–H and O–H groups in total. The third kappa shape index (κ3) is 2.64. The van der Waals surface area contributed by atoms with Crippen LogP contribution in [0.25, 0.3) is 0 Å². The molecule has 0 amide bonds. The smallest absolute Gasteiger partial charge is 0.182 e. The molecule has 1 aromatic heterocycles. The molecule has 0 aliphatic carbocycles. The summed E-state index contributed by atoms with van der Waals surface area (Å²) in [6, 6.07) is 11.2. The van der Waals surface area contributed by atoms with Crippen LogP contribution in [0.1, 0.15) is 12.8 Å². The number of nitrogens with one attached hydrogen (secondary N) is 1. The minimum Gasteiger partial charge on any atom is -0.371 e. The summed E-state index contributed by atoms with van der Waals surface area (Å²) in [5.74, 6) is 0. The van der Waals surface area contributed by atoms with E-state index in [1.807, 2.05) is 11.6 Å². The number of benzene rings is 1. The lowest BCUT2D eigenvalue weighted by Crippen LogP contribution is -2.39. The minimum absolute atomic E-state index is 0.566. The fraction of sp³-hybridized carbons (Fsp3) is 0.357. The highest BCUT2D eigenvalue weighted by atomic mass is 32.1. The van der Waals surface area contributed by atoms with Crippen LogP contribution in [0.2, 0.25) is 0 Å². The highest BCUT2D eigenvalue weighted by molar-refractivity contribution is 7.13. The molecule has 0 bridgehead atoms. The fourth-order valence-electron chi connectivity index (χ4n) is 2.39. The molecule has 1 aromatic carbocycles. The van der Waals surface area contributed by atoms with Crippen LogP contribution in [0.4, 0.5) is 10.8 Å². The number of hydrogen-bond acceptors (Lipinski definition) is 4. The van der Waals surface area contributed by atoms with Crippen molar-refractivity contribution < 1.29 is 0 Å². The van der Waals surface area contributed by atoms with Gasteiger partial charge in [-0.15, -0.1) is 11.3 Å². The van der Waals surface area contributed by atoms with Gasteiger partial charge in [-0.2, -0.15) is 0 Å². The number of thiazole rings is 1. The van der Waals surface area contributed by atoms with Gasteiger partial charge in [-0.25, -0.2) is 4.98 Å². The van der Waals surface area contributed by atoms with Crippen LogP contribution in [0.5, 0.6) is 0 Å². The van der Waals surface area contributed by atoms with Crippen LogP contribution in [0, 0.1) is 0 Å². The Bertz CT molecular complexity index is 461. The summed E-state index contributed by atoms with van der Waals surface area (Å²) in [6.45, 7) is 2.24. The van der Waals surface area contributed by atoms with Crippen molar-refractivity contribution in [1.29, 1.82) is 0 Å². The van der Waals surface area contributed by atoms with Gasteiger partial charge in [-0.05, 0) is 25.0 Å². The Labute approximate surface area is 111 Å². The molecule has 0 saturated carbocycles. The second-order valence-electron chi connectivity index (χ2n) is 4.58. The molecule has 2 heterocycles. The maximum Gasteiger partial charge on any atom is 0.182 e. The number of aromatic nitrogens is 1. The number of rotatable bonds is 3. The molecule has 0 spiro atoms. The van der Waals surface area contributed by atoms with E-state index in [0.717, 1.165) is 18.2 Å². The molecule has 94 valence electrons. The number of piperidine rings is 1. The molecular formula is C14H17N3S. The Morgan fingerprint density at radius 1 is 1.17 bits per heavy atom. The molecule has 0 radical (unpaired) electrons. The molecule has 18 heavy (non-hydrogen) atoms. The topological polar surface area (TPSA) is 28.2 Å². The van der Waals surface area contributed by atoms with Crippen LogP contribution in [-0.2, 0) is 0 Å². The zero-order valence-electron chi connectivity index (χ0n) is 10.2. The van der Waals surface area contributed by atoms with Gasteiger partial charge in [0.15, 0.2) is 5.13 Å². The predicted molar refractivity (Wildman–Crippen MR) is 77.4 cm³/mol. The van der Waals surface area contributed by atoms with Crippen molar-refractivity contribution in [2.24, 2.45) is 0 Å². The maximum absolute atomic E-state index is 4.28. The normalized spacial score (nSPS) is 16.8. The van der Waals surface area contributed by atoms with Crippen molar-refractivity contribution in [3.8, 4) is 0 Å². The second-order valence-corrected chi connectivity index (χ2v) is 5.47. The van der Waals surface area contributed by atoms with Gasteiger partial charge in [0, 0.05) is 36.4 Å². The van der Waals surface area contributed by atoms with E-state index < -0.39 is 0 Å². The molecule has 3 rings (SSSR count).